The highest BCUT2D eigenvalue weighted by Gasteiger charge is 2.37. The van der Waals surface area contributed by atoms with Crippen molar-refractivity contribution in [3.05, 3.63) is 35.9 Å². The van der Waals surface area contributed by atoms with Crippen molar-refractivity contribution in [1.29, 1.82) is 0 Å². The smallest absolute Gasteiger partial charge is 0.305 e. The molecule has 0 radical (unpaired) electrons. The van der Waals surface area contributed by atoms with Crippen molar-refractivity contribution >= 4 is 0 Å². The van der Waals surface area contributed by atoms with Crippen LogP contribution in [0, 0.1) is 0 Å². The van der Waals surface area contributed by atoms with Gasteiger partial charge in [-0.2, -0.15) is 13.2 Å². The minimum atomic E-state index is -4.13. The summed E-state index contributed by atoms with van der Waals surface area (Å²) in [6.07, 6.45) is -4.13. The number of hydrogen-bond donors (Lipinski definition) is 1. The zero-order valence-corrected chi connectivity index (χ0v) is 10.3. The van der Waals surface area contributed by atoms with E-state index in [0.717, 1.165) is 5.56 Å². The molecule has 2 rings (SSSR count). The van der Waals surface area contributed by atoms with Crippen molar-refractivity contribution in [2.75, 3.05) is 26.2 Å². The van der Waals surface area contributed by atoms with E-state index >= 15 is 0 Å². The summed E-state index contributed by atoms with van der Waals surface area (Å²) in [5.74, 6) is 0. The van der Waals surface area contributed by atoms with Gasteiger partial charge < -0.3 is 5.32 Å². The number of rotatable bonds is 2. The summed E-state index contributed by atoms with van der Waals surface area (Å²) in [5.41, 5.74) is 0.613. The molecule has 0 amide bonds. The molecular weight excluding hydrogens is 241 g/mol. The maximum absolute atomic E-state index is 12.4. The van der Waals surface area contributed by atoms with Gasteiger partial charge in [-0.05, 0) is 12.5 Å². The van der Waals surface area contributed by atoms with E-state index in [9.17, 15) is 13.2 Å². The number of piperazine rings is 1. The Kier molecular flexibility index (Phi) is 3.64. The summed E-state index contributed by atoms with van der Waals surface area (Å²) in [5, 5.41) is 3.32. The number of halogens is 3. The Morgan fingerprint density at radius 3 is 2.56 bits per heavy atom. The standard InChI is InChI=1S/C13H17F3N2/c1-12(11-5-3-2-4-6-11)9-18(8-7-17-12)10-13(14,15)16/h2-6,17H,7-10H2,1H3. The third-order valence-electron chi connectivity index (χ3n) is 3.30. The summed E-state index contributed by atoms with van der Waals surface area (Å²) in [4.78, 5) is 1.46. The molecule has 1 aliphatic rings. The van der Waals surface area contributed by atoms with Crippen LogP contribution in [-0.2, 0) is 5.54 Å². The number of hydrogen-bond acceptors (Lipinski definition) is 2. The van der Waals surface area contributed by atoms with Crippen LogP contribution in [0.3, 0.4) is 0 Å². The second-order valence-corrected chi connectivity index (χ2v) is 4.95. The second-order valence-electron chi connectivity index (χ2n) is 4.95. The Hall–Kier alpha value is -1.07. The lowest BCUT2D eigenvalue weighted by molar-refractivity contribution is -0.150. The average molecular weight is 258 g/mol. The van der Waals surface area contributed by atoms with Crippen LogP contribution >= 0.6 is 0 Å². The van der Waals surface area contributed by atoms with E-state index in [1.807, 2.05) is 37.3 Å². The van der Waals surface area contributed by atoms with Crippen LogP contribution in [-0.4, -0.2) is 37.3 Å². The van der Waals surface area contributed by atoms with Crippen molar-refractivity contribution in [2.24, 2.45) is 0 Å². The fraction of sp³-hybridized carbons (Fsp3) is 0.538. The fourth-order valence-corrected chi connectivity index (χ4v) is 2.46. The van der Waals surface area contributed by atoms with Crippen molar-refractivity contribution in [3.8, 4) is 0 Å². The summed E-state index contributed by atoms with van der Waals surface area (Å²) in [6, 6.07) is 9.62. The van der Waals surface area contributed by atoms with Crippen LogP contribution in [0.5, 0.6) is 0 Å². The molecule has 0 bridgehead atoms. The molecule has 5 heteroatoms. The zero-order valence-electron chi connectivity index (χ0n) is 10.3. The van der Waals surface area contributed by atoms with Gasteiger partial charge in [0.05, 0.1) is 12.1 Å². The van der Waals surface area contributed by atoms with Gasteiger partial charge in [-0.25, -0.2) is 0 Å². The second kappa shape index (κ2) is 4.90. The quantitative estimate of drug-likeness (QED) is 0.876. The molecule has 1 aliphatic heterocycles. The van der Waals surface area contributed by atoms with Gasteiger partial charge >= 0.3 is 6.18 Å². The molecule has 1 atom stereocenters. The van der Waals surface area contributed by atoms with Gasteiger partial charge in [0.1, 0.15) is 0 Å². The summed E-state index contributed by atoms with van der Waals surface area (Å²) in [7, 11) is 0. The number of nitrogens with one attached hydrogen (secondary N) is 1. The number of nitrogens with zero attached hydrogens (tertiary/aromatic N) is 1. The normalized spacial score (nSPS) is 26.2. The van der Waals surface area contributed by atoms with Gasteiger partial charge in [0.2, 0.25) is 0 Å². The third-order valence-corrected chi connectivity index (χ3v) is 3.30. The molecule has 1 unspecified atom stereocenters. The fourth-order valence-electron chi connectivity index (χ4n) is 2.46. The predicted molar refractivity (Wildman–Crippen MR) is 64.3 cm³/mol. The highest BCUT2D eigenvalue weighted by molar-refractivity contribution is 5.24. The Labute approximate surface area is 105 Å². The lowest BCUT2D eigenvalue weighted by Gasteiger charge is -2.42. The molecule has 1 fully saturated rings. The molecule has 1 saturated heterocycles. The predicted octanol–water partition coefficient (Wildman–Crippen LogP) is 2.37. The van der Waals surface area contributed by atoms with E-state index in [2.05, 4.69) is 5.32 Å². The van der Waals surface area contributed by atoms with Gasteiger partial charge in [-0.3, -0.25) is 4.90 Å². The minimum absolute atomic E-state index is 0.372. The molecule has 0 saturated carbocycles. The summed E-state index contributed by atoms with van der Waals surface area (Å²) in [6.45, 7) is 2.49. The van der Waals surface area contributed by atoms with E-state index in [1.165, 1.54) is 4.90 Å². The van der Waals surface area contributed by atoms with Gasteiger partial charge in [0, 0.05) is 19.6 Å². The molecule has 1 N–H and O–H groups in total. The molecule has 0 spiro atoms. The Balaban J connectivity index is 2.10. The lowest BCUT2D eigenvalue weighted by Crippen LogP contribution is -2.58. The topological polar surface area (TPSA) is 15.3 Å². The van der Waals surface area contributed by atoms with E-state index in [0.29, 0.717) is 19.6 Å². The van der Waals surface area contributed by atoms with Crippen LogP contribution < -0.4 is 5.32 Å². The van der Waals surface area contributed by atoms with Crippen molar-refractivity contribution in [1.82, 2.24) is 10.2 Å². The van der Waals surface area contributed by atoms with Crippen molar-refractivity contribution < 1.29 is 13.2 Å². The first kappa shape index (κ1) is 13.4. The first-order valence-electron chi connectivity index (χ1n) is 5.99. The molecule has 2 nitrogen and oxygen atoms in total. The maximum atomic E-state index is 12.4. The summed E-state index contributed by atoms with van der Waals surface area (Å²) < 4.78 is 37.3. The maximum Gasteiger partial charge on any atom is 0.401 e. The van der Waals surface area contributed by atoms with Gasteiger partial charge in [0.15, 0.2) is 0 Å². The van der Waals surface area contributed by atoms with Crippen LogP contribution in [0.1, 0.15) is 12.5 Å². The molecule has 18 heavy (non-hydrogen) atoms. The van der Waals surface area contributed by atoms with Gasteiger partial charge in [-0.1, -0.05) is 30.3 Å². The molecule has 1 aromatic carbocycles. The molecule has 0 aromatic heterocycles. The van der Waals surface area contributed by atoms with Crippen LogP contribution in [0.25, 0.3) is 0 Å². The Morgan fingerprint density at radius 1 is 1.28 bits per heavy atom. The zero-order chi connectivity index (χ0) is 13.2. The van der Waals surface area contributed by atoms with Crippen molar-refractivity contribution in [3.63, 3.8) is 0 Å². The molecule has 100 valence electrons. The molecular formula is C13H17F3N2. The Bertz CT molecular complexity index is 391. The Morgan fingerprint density at radius 2 is 1.94 bits per heavy atom. The van der Waals surface area contributed by atoms with E-state index in [-0.39, 0.29) is 0 Å². The highest BCUT2D eigenvalue weighted by Crippen LogP contribution is 2.26. The number of benzene rings is 1. The van der Waals surface area contributed by atoms with Gasteiger partial charge in [-0.15, -0.1) is 0 Å². The number of alkyl halides is 3. The highest BCUT2D eigenvalue weighted by atomic mass is 19.4. The molecule has 1 heterocycles. The van der Waals surface area contributed by atoms with Crippen molar-refractivity contribution in [2.45, 2.75) is 18.6 Å². The molecule has 1 aromatic rings. The first-order valence-corrected chi connectivity index (χ1v) is 5.99. The van der Waals surface area contributed by atoms with Crippen LogP contribution in [0.15, 0.2) is 30.3 Å². The van der Waals surface area contributed by atoms with E-state index in [1.54, 1.807) is 0 Å². The largest absolute Gasteiger partial charge is 0.401 e. The van der Waals surface area contributed by atoms with Crippen LogP contribution in [0.4, 0.5) is 13.2 Å². The van der Waals surface area contributed by atoms with Gasteiger partial charge in [0.25, 0.3) is 0 Å². The third kappa shape index (κ3) is 3.23. The SMILES string of the molecule is CC1(c2ccccc2)CN(CC(F)(F)F)CCN1. The van der Waals surface area contributed by atoms with E-state index in [4.69, 9.17) is 0 Å². The molecule has 0 aliphatic carbocycles. The minimum Gasteiger partial charge on any atom is -0.305 e. The summed E-state index contributed by atoms with van der Waals surface area (Å²) >= 11 is 0. The lowest BCUT2D eigenvalue weighted by atomic mass is 9.89. The average Bonchev–Trinajstić information content (AvgIpc) is 2.28. The first-order chi connectivity index (χ1) is 8.39. The van der Waals surface area contributed by atoms with Crippen LogP contribution in [0.2, 0.25) is 0 Å². The van der Waals surface area contributed by atoms with E-state index < -0.39 is 18.3 Å². The monoisotopic (exact) mass is 258 g/mol.